The highest BCUT2D eigenvalue weighted by atomic mass is 35.5. The second-order valence-corrected chi connectivity index (χ2v) is 5.40. The van der Waals surface area contributed by atoms with Gasteiger partial charge in [-0.1, -0.05) is 11.6 Å². The number of hydrogen-bond acceptors (Lipinski definition) is 5. The van der Waals surface area contributed by atoms with Gasteiger partial charge in [0.05, 0.1) is 42.9 Å². The van der Waals surface area contributed by atoms with Crippen LogP contribution in [-0.2, 0) is 4.74 Å². The highest BCUT2D eigenvalue weighted by Gasteiger charge is 2.15. The molecule has 1 N–H and O–H groups in total. The van der Waals surface area contributed by atoms with Crippen molar-refractivity contribution in [2.45, 2.75) is 0 Å². The number of aromatic amines is 1. The second kappa shape index (κ2) is 6.41. The number of fused-ring (bicyclic) bond motifs is 1. The molecule has 0 spiro atoms. The first-order valence-electron chi connectivity index (χ1n) is 7.07. The normalized spacial score (nSPS) is 10.7. The number of aromatic nitrogens is 2. The Bertz CT molecular complexity index is 920. The number of methoxy groups -OCH3 is 3. The second-order valence-electron chi connectivity index (χ2n) is 5.00. The van der Waals surface area contributed by atoms with Crippen LogP contribution in [0.15, 0.2) is 30.3 Å². The largest absolute Gasteiger partial charge is 0.493 e. The topological polar surface area (TPSA) is 73.4 Å². The number of halogens is 1. The van der Waals surface area contributed by atoms with Crippen LogP contribution in [0, 0.1) is 0 Å². The van der Waals surface area contributed by atoms with Gasteiger partial charge >= 0.3 is 5.97 Å². The summed E-state index contributed by atoms with van der Waals surface area (Å²) in [6.07, 6.45) is 0. The van der Waals surface area contributed by atoms with Gasteiger partial charge in [0.2, 0.25) is 0 Å². The highest BCUT2D eigenvalue weighted by molar-refractivity contribution is 6.33. The molecule has 0 saturated carbocycles. The van der Waals surface area contributed by atoms with Gasteiger partial charge in [-0.15, -0.1) is 0 Å². The van der Waals surface area contributed by atoms with Crippen LogP contribution >= 0.6 is 11.6 Å². The van der Waals surface area contributed by atoms with E-state index in [-0.39, 0.29) is 0 Å². The molecule has 0 saturated heterocycles. The fourth-order valence-electron chi connectivity index (χ4n) is 2.42. The van der Waals surface area contributed by atoms with Crippen molar-refractivity contribution in [2.75, 3.05) is 21.3 Å². The number of imidazole rings is 1. The maximum absolute atomic E-state index is 11.6. The van der Waals surface area contributed by atoms with Crippen LogP contribution in [-0.4, -0.2) is 37.3 Å². The van der Waals surface area contributed by atoms with Crippen molar-refractivity contribution >= 4 is 28.6 Å². The summed E-state index contributed by atoms with van der Waals surface area (Å²) in [6, 6.07) is 8.51. The first-order valence-corrected chi connectivity index (χ1v) is 7.45. The number of H-pyrrole nitrogens is 1. The Morgan fingerprint density at radius 1 is 1.08 bits per heavy atom. The van der Waals surface area contributed by atoms with Gasteiger partial charge in [0.1, 0.15) is 5.82 Å². The van der Waals surface area contributed by atoms with Gasteiger partial charge < -0.3 is 19.2 Å². The zero-order valence-corrected chi connectivity index (χ0v) is 14.1. The van der Waals surface area contributed by atoms with Crippen LogP contribution in [0.3, 0.4) is 0 Å². The van der Waals surface area contributed by atoms with E-state index >= 15 is 0 Å². The molecule has 0 atom stereocenters. The van der Waals surface area contributed by atoms with E-state index in [0.29, 0.717) is 44.5 Å². The standard InChI is InChI=1S/C17H15ClN2O4/c1-22-14-7-10(11(18)8-15(14)23-2)16-19-12-5-4-9(17(21)24-3)6-13(12)20-16/h4-8H,1-3H3,(H,19,20). The number of benzene rings is 2. The Morgan fingerprint density at radius 2 is 1.79 bits per heavy atom. The van der Waals surface area contributed by atoms with Crippen LogP contribution in [0.25, 0.3) is 22.4 Å². The van der Waals surface area contributed by atoms with E-state index in [4.69, 9.17) is 25.8 Å². The first-order chi connectivity index (χ1) is 11.6. The minimum atomic E-state index is -0.405. The molecule has 1 heterocycles. The van der Waals surface area contributed by atoms with Crippen molar-refractivity contribution in [1.29, 1.82) is 0 Å². The summed E-state index contributed by atoms with van der Waals surface area (Å²) in [5, 5.41) is 0.472. The lowest BCUT2D eigenvalue weighted by Gasteiger charge is -2.10. The summed E-state index contributed by atoms with van der Waals surface area (Å²) in [6.45, 7) is 0. The summed E-state index contributed by atoms with van der Waals surface area (Å²) in [7, 11) is 4.44. The number of rotatable bonds is 4. The van der Waals surface area contributed by atoms with Gasteiger partial charge in [0.25, 0.3) is 0 Å². The first kappa shape index (κ1) is 16.1. The molecule has 0 aliphatic rings. The van der Waals surface area contributed by atoms with E-state index in [1.165, 1.54) is 7.11 Å². The fraction of sp³-hybridized carbons (Fsp3) is 0.176. The zero-order chi connectivity index (χ0) is 17.3. The number of carbonyl (C=O) groups is 1. The van der Waals surface area contributed by atoms with E-state index in [1.807, 2.05) is 0 Å². The van der Waals surface area contributed by atoms with Crippen LogP contribution in [0.1, 0.15) is 10.4 Å². The lowest BCUT2D eigenvalue weighted by molar-refractivity contribution is 0.0601. The summed E-state index contributed by atoms with van der Waals surface area (Å²) >= 11 is 6.33. The Balaban J connectivity index is 2.11. The molecule has 0 fully saturated rings. The summed E-state index contributed by atoms with van der Waals surface area (Å²) in [5.74, 6) is 1.25. The van der Waals surface area contributed by atoms with Crippen LogP contribution < -0.4 is 9.47 Å². The average Bonchev–Trinajstić information content (AvgIpc) is 3.03. The molecule has 0 radical (unpaired) electrons. The summed E-state index contributed by atoms with van der Waals surface area (Å²) < 4.78 is 15.3. The SMILES string of the molecule is COC(=O)c1ccc2nc(-c3cc(OC)c(OC)cc3Cl)[nH]c2c1. The Morgan fingerprint density at radius 3 is 2.46 bits per heavy atom. The quantitative estimate of drug-likeness (QED) is 0.729. The van der Waals surface area contributed by atoms with E-state index in [9.17, 15) is 4.79 Å². The monoisotopic (exact) mass is 346 g/mol. The number of nitrogens with one attached hydrogen (secondary N) is 1. The molecular weight excluding hydrogens is 332 g/mol. The Hall–Kier alpha value is -2.73. The van der Waals surface area contributed by atoms with Crippen LogP contribution in [0.2, 0.25) is 5.02 Å². The molecule has 0 aliphatic heterocycles. The van der Waals surface area contributed by atoms with E-state index in [1.54, 1.807) is 44.6 Å². The van der Waals surface area contributed by atoms with Gasteiger partial charge in [0.15, 0.2) is 11.5 Å². The van der Waals surface area contributed by atoms with Crippen LogP contribution in [0.4, 0.5) is 0 Å². The maximum atomic E-state index is 11.6. The lowest BCUT2D eigenvalue weighted by atomic mass is 10.2. The van der Waals surface area contributed by atoms with Crippen molar-refractivity contribution in [1.82, 2.24) is 9.97 Å². The number of carbonyl (C=O) groups excluding carboxylic acids is 1. The lowest BCUT2D eigenvalue weighted by Crippen LogP contribution is -2.00. The molecule has 0 aliphatic carbocycles. The Kier molecular flexibility index (Phi) is 4.31. The smallest absolute Gasteiger partial charge is 0.337 e. The van der Waals surface area contributed by atoms with Gasteiger partial charge in [-0.2, -0.15) is 0 Å². The molecule has 3 aromatic rings. The van der Waals surface area contributed by atoms with Crippen molar-refractivity contribution < 1.29 is 19.0 Å². The number of ether oxygens (including phenoxy) is 3. The van der Waals surface area contributed by atoms with Gasteiger partial charge in [0, 0.05) is 11.6 Å². The zero-order valence-electron chi connectivity index (χ0n) is 13.3. The third-order valence-corrected chi connectivity index (χ3v) is 3.94. The van der Waals surface area contributed by atoms with E-state index in [0.717, 1.165) is 0 Å². The molecule has 7 heteroatoms. The summed E-state index contributed by atoms with van der Waals surface area (Å²) in [5.41, 5.74) is 2.53. The van der Waals surface area contributed by atoms with Crippen molar-refractivity contribution in [3.05, 3.63) is 40.9 Å². The fourth-order valence-corrected chi connectivity index (χ4v) is 2.66. The molecule has 24 heavy (non-hydrogen) atoms. The molecule has 1 aromatic heterocycles. The molecule has 6 nitrogen and oxygen atoms in total. The van der Waals surface area contributed by atoms with Gasteiger partial charge in [-0.3, -0.25) is 0 Å². The van der Waals surface area contributed by atoms with E-state index in [2.05, 4.69) is 9.97 Å². The highest BCUT2D eigenvalue weighted by Crippen LogP contribution is 2.37. The maximum Gasteiger partial charge on any atom is 0.337 e. The third-order valence-electron chi connectivity index (χ3n) is 3.63. The molecule has 3 rings (SSSR count). The average molecular weight is 347 g/mol. The van der Waals surface area contributed by atoms with Crippen molar-refractivity contribution in [2.24, 2.45) is 0 Å². The number of nitrogens with zero attached hydrogens (tertiary/aromatic N) is 1. The Labute approximate surface area is 143 Å². The number of hydrogen-bond donors (Lipinski definition) is 1. The van der Waals surface area contributed by atoms with Gasteiger partial charge in [-0.05, 0) is 24.3 Å². The van der Waals surface area contributed by atoms with Crippen molar-refractivity contribution in [3.8, 4) is 22.9 Å². The minimum absolute atomic E-state index is 0.405. The number of esters is 1. The molecule has 0 bridgehead atoms. The predicted octanol–water partition coefficient (Wildman–Crippen LogP) is 3.69. The molecule has 0 amide bonds. The molecule has 0 unspecified atom stereocenters. The molecular formula is C17H15ClN2O4. The van der Waals surface area contributed by atoms with E-state index < -0.39 is 5.97 Å². The third kappa shape index (κ3) is 2.76. The van der Waals surface area contributed by atoms with Gasteiger partial charge in [-0.25, -0.2) is 9.78 Å². The van der Waals surface area contributed by atoms with Crippen LogP contribution in [0.5, 0.6) is 11.5 Å². The summed E-state index contributed by atoms with van der Waals surface area (Å²) in [4.78, 5) is 19.3. The molecule has 2 aromatic carbocycles. The molecule has 124 valence electrons. The predicted molar refractivity (Wildman–Crippen MR) is 91.0 cm³/mol. The van der Waals surface area contributed by atoms with Crippen molar-refractivity contribution in [3.63, 3.8) is 0 Å². The minimum Gasteiger partial charge on any atom is -0.493 e.